The monoisotopic (exact) mass is 328 g/mol. The minimum atomic E-state index is -0.380. The number of aryl methyl sites for hydroxylation is 1. The fraction of sp³-hybridized carbons (Fsp3) is 0.438. The van der Waals surface area contributed by atoms with E-state index in [1.165, 1.54) is 23.1 Å². The van der Waals surface area contributed by atoms with Crippen LogP contribution in [0.3, 0.4) is 0 Å². The Morgan fingerprint density at radius 1 is 1.29 bits per heavy atom. The van der Waals surface area contributed by atoms with Crippen LogP contribution in [0, 0.1) is 0 Å². The Kier molecular flexibility index (Phi) is 4.83. The zero-order chi connectivity index (χ0) is 16.9. The zero-order valence-electron chi connectivity index (χ0n) is 13.6. The Bertz CT molecular complexity index is 782. The summed E-state index contributed by atoms with van der Waals surface area (Å²) in [5.74, 6) is 0.341. The number of rotatable bonds is 5. The molecular formula is C16H20N6O2. The fourth-order valence-corrected chi connectivity index (χ4v) is 2.72. The lowest BCUT2D eigenvalue weighted by molar-refractivity contribution is 0.101. The van der Waals surface area contributed by atoms with Crippen LogP contribution in [0.4, 0.5) is 11.5 Å². The Morgan fingerprint density at radius 3 is 2.83 bits per heavy atom. The third-order valence-corrected chi connectivity index (χ3v) is 3.88. The predicted octanol–water partition coefficient (Wildman–Crippen LogP) is 1.30. The summed E-state index contributed by atoms with van der Waals surface area (Å²) in [6.07, 6.45) is 6.05. The van der Waals surface area contributed by atoms with E-state index in [0.29, 0.717) is 12.2 Å². The van der Waals surface area contributed by atoms with Crippen molar-refractivity contribution in [3.8, 4) is 0 Å². The van der Waals surface area contributed by atoms with Crippen LogP contribution < -0.4 is 15.8 Å². The molecule has 126 valence electrons. The van der Waals surface area contributed by atoms with E-state index in [-0.39, 0.29) is 17.2 Å². The second-order valence-corrected chi connectivity index (χ2v) is 5.69. The van der Waals surface area contributed by atoms with Gasteiger partial charge in [-0.1, -0.05) is 6.92 Å². The molecule has 8 heteroatoms. The summed E-state index contributed by atoms with van der Waals surface area (Å²) >= 11 is 0. The molecule has 24 heavy (non-hydrogen) atoms. The Balaban J connectivity index is 1.83. The highest BCUT2D eigenvalue weighted by molar-refractivity contribution is 6.04. The first-order chi connectivity index (χ1) is 11.7. The molecule has 3 rings (SSSR count). The third-order valence-electron chi connectivity index (χ3n) is 3.88. The van der Waals surface area contributed by atoms with Crippen molar-refractivity contribution in [2.24, 2.45) is 0 Å². The first-order valence-corrected chi connectivity index (χ1v) is 8.13. The SMILES string of the molecule is CCCn1nc(C(=O)Nc2cncnc2N2CCCC2)ccc1=O. The molecule has 0 aromatic carbocycles. The van der Waals surface area contributed by atoms with Gasteiger partial charge in [-0.15, -0.1) is 0 Å². The minimum absolute atomic E-state index is 0.194. The molecule has 1 amide bonds. The van der Waals surface area contributed by atoms with E-state index < -0.39 is 0 Å². The van der Waals surface area contributed by atoms with Crippen molar-refractivity contribution < 1.29 is 4.79 Å². The van der Waals surface area contributed by atoms with Gasteiger partial charge in [0.25, 0.3) is 11.5 Å². The first kappa shape index (κ1) is 16.1. The molecule has 8 nitrogen and oxygen atoms in total. The third kappa shape index (κ3) is 3.42. The Hall–Kier alpha value is -2.77. The van der Waals surface area contributed by atoms with Crippen molar-refractivity contribution in [1.82, 2.24) is 19.7 Å². The van der Waals surface area contributed by atoms with Gasteiger partial charge in [0, 0.05) is 25.7 Å². The molecule has 1 saturated heterocycles. The number of nitrogens with one attached hydrogen (secondary N) is 1. The highest BCUT2D eigenvalue weighted by Gasteiger charge is 2.19. The molecule has 1 N–H and O–H groups in total. The number of amides is 1. The van der Waals surface area contributed by atoms with Gasteiger partial charge in [0.15, 0.2) is 5.82 Å². The summed E-state index contributed by atoms with van der Waals surface area (Å²) in [7, 11) is 0. The van der Waals surface area contributed by atoms with Gasteiger partial charge in [-0.3, -0.25) is 9.59 Å². The minimum Gasteiger partial charge on any atom is -0.355 e. The number of carbonyl (C=O) groups is 1. The average Bonchev–Trinajstić information content (AvgIpc) is 3.12. The van der Waals surface area contributed by atoms with E-state index in [0.717, 1.165) is 38.2 Å². The van der Waals surface area contributed by atoms with Gasteiger partial charge in [0.2, 0.25) is 0 Å². The number of nitrogens with zero attached hydrogens (tertiary/aromatic N) is 5. The molecule has 0 atom stereocenters. The Labute approximate surface area is 139 Å². The van der Waals surface area contributed by atoms with Crippen LogP contribution in [0.1, 0.15) is 36.7 Å². The van der Waals surface area contributed by atoms with Crippen LogP contribution in [0.15, 0.2) is 29.5 Å². The van der Waals surface area contributed by atoms with E-state index >= 15 is 0 Å². The fourth-order valence-electron chi connectivity index (χ4n) is 2.72. The van der Waals surface area contributed by atoms with Gasteiger partial charge in [0.05, 0.1) is 6.20 Å². The summed E-state index contributed by atoms with van der Waals surface area (Å²) < 4.78 is 1.30. The van der Waals surface area contributed by atoms with E-state index in [2.05, 4.69) is 25.3 Å². The quantitative estimate of drug-likeness (QED) is 0.889. The number of aromatic nitrogens is 4. The van der Waals surface area contributed by atoms with Crippen LogP contribution in [-0.2, 0) is 6.54 Å². The lowest BCUT2D eigenvalue weighted by atomic mass is 10.3. The van der Waals surface area contributed by atoms with Gasteiger partial charge in [-0.2, -0.15) is 5.10 Å². The number of hydrogen-bond acceptors (Lipinski definition) is 6. The maximum Gasteiger partial charge on any atom is 0.276 e. The van der Waals surface area contributed by atoms with Crippen LogP contribution >= 0.6 is 0 Å². The summed E-state index contributed by atoms with van der Waals surface area (Å²) in [5, 5.41) is 6.93. The molecule has 1 aliphatic rings. The van der Waals surface area contributed by atoms with E-state index in [9.17, 15) is 9.59 Å². The average molecular weight is 328 g/mol. The molecule has 0 bridgehead atoms. The van der Waals surface area contributed by atoms with Crippen molar-refractivity contribution in [2.75, 3.05) is 23.3 Å². The van der Waals surface area contributed by atoms with Gasteiger partial charge < -0.3 is 10.2 Å². The molecule has 3 heterocycles. The first-order valence-electron chi connectivity index (χ1n) is 8.13. The molecule has 2 aromatic heterocycles. The Morgan fingerprint density at radius 2 is 2.08 bits per heavy atom. The molecule has 0 spiro atoms. The van der Waals surface area contributed by atoms with Crippen molar-refractivity contribution in [1.29, 1.82) is 0 Å². The molecule has 0 radical (unpaired) electrons. The highest BCUT2D eigenvalue weighted by atomic mass is 16.2. The number of carbonyl (C=O) groups excluding carboxylic acids is 1. The van der Waals surface area contributed by atoms with Crippen molar-refractivity contribution in [3.63, 3.8) is 0 Å². The lowest BCUT2D eigenvalue weighted by Crippen LogP contribution is -2.27. The normalized spacial score (nSPS) is 14.0. The van der Waals surface area contributed by atoms with Crippen LogP contribution in [0.2, 0.25) is 0 Å². The van der Waals surface area contributed by atoms with E-state index in [1.54, 1.807) is 6.20 Å². The van der Waals surface area contributed by atoms with Crippen LogP contribution in [-0.4, -0.2) is 38.7 Å². The summed E-state index contributed by atoms with van der Waals surface area (Å²) in [6.45, 7) is 4.26. The van der Waals surface area contributed by atoms with Gasteiger partial charge in [-0.25, -0.2) is 14.6 Å². The van der Waals surface area contributed by atoms with Crippen molar-refractivity contribution in [2.45, 2.75) is 32.7 Å². The molecule has 2 aromatic rings. The highest BCUT2D eigenvalue weighted by Crippen LogP contribution is 2.25. The van der Waals surface area contributed by atoms with Crippen molar-refractivity contribution >= 4 is 17.4 Å². The summed E-state index contributed by atoms with van der Waals surface area (Å²) in [6, 6.07) is 2.80. The van der Waals surface area contributed by atoms with E-state index in [1.807, 2.05) is 6.92 Å². The zero-order valence-corrected chi connectivity index (χ0v) is 13.6. The van der Waals surface area contributed by atoms with Crippen LogP contribution in [0.5, 0.6) is 0 Å². The number of anilines is 2. The smallest absolute Gasteiger partial charge is 0.276 e. The maximum atomic E-state index is 12.5. The molecule has 0 saturated carbocycles. The topological polar surface area (TPSA) is 93.0 Å². The second-order valence-electron chi connectivity index (χ2n) is 5.69. The largest absolute Gasteiger partial charge is 0.355 e. The molecular weight excluding hydrogens is 308 g/mol. The number of hydrogen-bond donors (Lipinski definition) is 1. The van der Waals surface area contributed by atoms with Gasteiger partial charge in [-0.05, 0) is 25.3 Å². The van der Waals surface area contributed by atoms with E-state index in [4.69, 9.17) is 0 Å². The van der Waals surface area contributed by atoms with Gasteiger partial charge in [0.1, 0.15) is 17.7 Å². The van der Waals surface area contributed by atoms with Gasteiger partial charge >= 0.3 is 0 Å². The lowest BCUT2D eigenvalue weighted by Gasteiger charge is -2.19. The second kappa shape index (κ2) is 7.20. The molecule has 1 aliphatic heterocycles. The molecule has 1 fully saturated rings. The predicted molar refractivity (Wildman–Crippen MR) is 90.2 cm³/mol. The molecule has 0 unspecified atom stereocenters. The van der Waals surface area contributed by atoms with Crippen molar-refractivity contribution in [3.05, 3.63) is 40.7 Å². The maximum absolute atomic E-state index is 12.5. The standard InChI is InChI=1S/C16H20N6O2/c1-2-7-22-14(23)6-5-12(20-22)16(24)19-13-10-17-11-18-15(13)21-8-3-4-9-21/h5-6,10-11H,2-4,7-9H2,1H3,(H,19,24). The van der Waals surface area contributed by atoms with Crippen LogP contribution in [0.25, 0.3) is 0 Å². The molecule has 0 aliphatic carbocycles. The summed E-state index contributed by atoms with van der Waals surface area (Å²) in [4.78, 5) is 34.6. The summed E-state index contributed by atoms with van der Waals surface area (Å²) in [5.41, 5.74) is 0.535.